The van der Waals surface area contributed by atoms with Crippen molar-refractivity contribution in [3.05, 3.63) is 29.3 Å². The summed E-state index contributed by atoms with van der Waals surface area (Å²) in [5.41, 5.74) is 8.57. The van der Waals surface area contributed by atoms with Crippen molar-refractivity contribution in [1.29, 1.82) is 0 Å². The number of anilines is 1. The molecular weight excluding hydrogens is 278 g/mol. The number of carbonyl (C=O) groups excluding carboxylic acids is 2. The highest BCUT2D eigenvalue weighted by Crippen LogP contribution is 2.27. The third kappa shape index (κ3) is 4.21. The Bertz CT molecular complexity index is 491. The van der Waals surface area contributed by atoms with Crippen LogP contribution in [0.4, 0.5) is 5.69 Å². The van der Waals surface area contributed by atoms with Crippen molar-refractivity contribution < 1.29 is 9.59 Å². The second kappa shape index (κ2) is 7.87. The minimum atomic E-state index is -0.328. The van der Waals surface area contributed by atoms with Crippen molar-refractivity contribution in [2.75, 3.05) is 18.4 Å². The molecule has 2 rings (SSSR count). The van der Waals surface area contributed by atoms with Crippen molar-refractivity contribution in [2.45, 2.75) is 25.7 Å². The van der Waals surface area contributed by atoms with Gasteiger partial charge < -0.3 is 16.4 Å². The fourth-order valence-corrected chi connectivity index (χ4v) is 2.34. The van der Waals surface area contributed by atoms with Gasteiger partial charge in [0.2, 0.25) is 11.8 Å². The first-order valence-electron chi connectivity index (χ1n) is 6.58. The van der Waals surface area contributed by atoms with Crippen LogP contribution in [-0.2, 0) is 22.4 Å². The van der Waals surface area contributed by atoms with Gasteiger partial charge in [-0.05, 0) is 42.9 Å². The van der Waals surface area contributed by atoms with Gasteiger partial charge in [0.15, 0.2) is 0 Å². The summed E-state index contributed by atoms with van der Waals surface area (Å²) in [5, 5.41) is 5.31. The molecule has 5 nitrogen and oxygen atoms in total. The Morgan fingerprint density at radius 3 is 2.65 bits per heavy atom. The number of rotatable bonds is 4. The zero-order valence-corrected chi connectivity index (χ0v) is 12.1. The molecule has 4 N–H and O–H groups in total. The third-order valence-electron chi connectivity index (χ3n) is 3.30. The van der Waals surface area contributed by atoms with E-state index in [1.807, 2.05) is 12.1 Å². The van der Waals surface area contributed by atoms with Gasteiger partial charge in [-0.1, -0.05) is 12.1 Å². The van der Waals surface area contributed by atoms with Crippen LogP contribution in [0.3, 0.4) is 0 Å². The molecule has 0 saturated heterocycles. The average Bonchev–Trinajstić information content (AvgIpc) is 2.45. The fourth-order valence-electron chi connectivity index (χ4n) is 2.34. The molecule has 6 heteroatoms. The number of hydrogen-bond donors (Lipinski definition) is 3. The van der Waals surface area contributed by atoms with Gasteiger partial charge in [0.05, 0.1) is 13.1 Å². The number of hydrogen-bond acceptors (Lipinski definition) is 3. The molecule has 1 aromatic rings. The number of fused-ring (bicyclic) bond motifs is 1. The Morgan fingerprint density at radius 2 is 1.90 bits per heavy atom. The van der Waals surface area contributed by atoms with E-state index in [2.05, 4.69) is 16.7 Å². The summed E-state index contributed by atoms with van der Waals surface area (Å²) in [6, 6.07) is 5.98. The lowest BCUT2D eigenvalue weighted by Gasteiger charge is -2.19. The van der Waals surface area contributed by atoms with E-state index in [0.29, 0.717) is 0 Å². The Hall–Kier alpha value is -1.59. The summed E-state index contributed by atoms with van der Waals surface area (Å²) in [6.07, 6.45) is 4.44. The quantitative estimate of drug-likeness (QED) is 0.775. The van der Waals surface area contributed by atoms with Crippen molar-refractivity contribution in [2.24, 2.45) is 5.73 Å². The molecule has 2 amide bonds. The summed E-state index contributed by atoms with van der Waals surface area (Å²) in [7, 11) is 0. The van der Waals surface area contributed by atoms with Crippen LogP contribution < -0.4 is 16.4 Å². The van der Waals surface area contributed by atoms with Crippen LogP contribution in [0.15, 0.2) is 18.2 Å². The number of nitrogens with two attached hydrogens (primary N) is 1. The predicted molar refractivity (Wildman–Crippen MR) is 81.0 cm³/mol. The Morgan fingerprint density at radius 1 is 1.15 bits per heavy atom. The molecule has 0 aromatic heterocycles. The second-order valence-electron chi connectivity index (χ2n) is 4.68. The molecule has 0 spiro atoms. The maximum absolute atomic E-state index is 11.8. The molecule has 0 unspecified atom stereocenters. The lowest BCUT2D eigenvalue weighted by Crippen LogP contribution is -2.36. The van der Waals surface area contributed by atoms with Crippen LogP contribution in [0.2, 0.25) is 0 Å². The van der Waals surface area contributed by atoms with E-state index < -0.39 is 0 Å². The largest absolute Gasteiger partial charge is 0.346 e. The summed E-state index contributed by atoms with van der Waals surface area (Å²) < 4.78 is 0. The topological polar surface area (TPSA) is 84.2 Å². The number of nitrogens with one attached hydrogen (secondary N) is 2. The van der Waals surface area contributed by atoms with Gasteiger partial charge in [0, 0.05) is 5.69 Å². The second-order valence-corrected chi connectivity index (χ2v) is 4.68. The van der Waals surface area contributed by atoms with Crippen LogP contribution >= 0.6 is 12.4 Å². The normalized spacial score (nSPS) is 12.8. The Kier molecular flexibility index (Phi) is 6.48. The van der Waals surface area contributed by atoms with E-state index in [9.17, 15) is 9.59 Å². The average molecular weight is 298 g/mol. The molecule has 0 heterocycles. The lowest BCUT2D eigenvalue weighted by molar-refractivity contribution is -0.123. The number of halogens is 1. The molecule has 1 aromatic carbocycles. The van der Waals surface area contributed by atoms with E-state index in [0.717, 1.165) is 24.9 Å². The highest BCUT2D eigenvalue weighted by Gasteiger charge is 2.14. The number of benzene rings is 1. The zero-order valence-electron chi connectivity index (χ0n) is 11.3. The predicted octanol–water partition coefficient (Wildman–Crippen LogP) is 1.00. The summed E-state index contributed by atoms with van der Waals surface area (Å²) in [4.78, 5) is 22.7. The molecule has 0 fully saturated rings. The van der Waals surface area contributed by atoms with Crippen molar-refractivity contribution in [3.63, 3.8) is 0 Å². The minimum absolute atomic E-state index is 0. The summed E-state index contributed by atoms with van der Waals surface area (Å²) in [6.45, 7) is -0.145. The molecule has 0 aliphatic heterocycles. The van der Waals surface area contributed by atoms with Gasteiger partial charge in [-0.3, -0.25) is 9.59 Å². The van der Waals surface area contributed by atoms with Gasteiger partial charge in [0.1, 0.15) is 0 Å². The standard InChI is InChI=1S/C14H19N3O2.ClH/c15-8-13(18)16-9-14(19)17-12-7-3-5-10-4-1-2-6-11(10)12;/h3,5,7H,1-2,4,6,8-9,15H2,(H,16,18)(H,17,19);1H. The minimum Gasteiger partial charge on any atom is -0.346 e. The number of aryl methyl sites for hydroxylation is 1. The molecule has 1 aliphatic rings. The van der Waals surface area contributed by atoms with Crippen molar-refractivity contribution in [1.82, 2.24) is 5.32 Å². The van der Waals surface area contributed by atoms with E-state index >= 15 is 0 Å². The Labute approximate surface area is 124 Å². The lowest BCUT2D eigenvalue weighted by atomic mass is 9.90. The van der Waals surface area contributed by atoms with Gasteiger partial charge in [-0.2, -0.15) is 0 Å². The highest BCUT2D eigenvalue weighted by molar-refractivity contribution is 5.95. The summed E-state index contributed by atoms with van der Waals surface area (Å²) >= 11 is 0. The number of carbonyl (C=O) groups is 2. The molecule has 0 radical (unpaired) electrons. The maximum atomic E-state index is 11.8. The maximum Gasteiger partial charge on any atom is 0.243 e. The van der Waals surface area contributed by atoms with Crippen LogP contribution in [0.1, 0.15) is 24.0 Å². The smallest absolute Gasteiger partial charge is 0.243 e. The van der Waals surface area contributed by atoms with Crippen molar-refractivity contribution >= 4 is 29.9 Å². The van der Waals surface area contributed by atoms with Gasteiger partial charge in [0.25, 0.3) is 0 Å². The first-order chi connectivity index (χ1) is 9.20. The molecule has 0 saturated carbocycles. The Balaban J connectivity index is 0.00000200. The first kappa shape index (κ1) is 16.5. The first-order valence-corrected chi connectivity index (χ1v) is 6.58. The fraction of sp³-hybridized carbons (Fsp3) is 0.429. The molecule has 110 valence electrons. The van der Waals surface area contributed by atoms with Crippen LogP contribution in [0, 0.1) is 0 Å². The molecule has 20 heavy (non-hydrogen) atoms. The van der Waals surface area contributed by atoms with Gasteiger partial charge in [-0.15, -0.1) is 12.4 Å². The monoisotopic (exact) mass is 297 g/mol. The van der Waals surface area contributed by atoms with Crippen LogP contribution in [-0.4, -0.2) is 24.9 Å². The van der Waals surface area contributed by atoms with E-state index in [-0.39, 0.29) is 37.3 Å². The van der Waals surface area contributed by atoms with E-state index in [1.165, 1.54) is 17.5 Å². The van der Waals surface area contributed by atoms with Crippen LogP contribution in [0.25, 0.3) is 0 Å². The van der Waals surface area contributed by atoms with E-state index in [4.69, 9.17) is 5.73 Å². The zero-order chi connectivity index (χ0) is 13.7. The molecule has 1 aliphatic carbocycles. The highest BCUT2D eigenvalue weighted by atomic mass is 35.5. The molecule has 0 bridgehead atoms. The van der Waals surface area contributed by atoms with Crippen LogP contribution in [0.5, 0.6) is 0 Å². The van der Waals surface area contributed by atoms with Crippen molar-refractivity contribution in [3.8, 4) is 0 Å². The van der Waals surface area contributed by atoms with Gasteiger partial charge in [-0.25, -0.2) is 0 Å². The van der Waals surface area contributed by atoms with Gasteiger partial charge >= 0.3 is 0 Å². The molecular formula is C14H20ClN3O2. The number of amides is 2. The molecule has 0 atom stereocenters. The SMILES string of the molecule is Cl.NCC(=O)NCC(=O)Nc1cccc2c1CCCC2. The van der Waals surface area contributed by atoms with E-state index in [1.54, 1.807) is 0 Å². The third-order valence-corrected chi connectivity index (χ3v) is 3.30. The summed E-state index contributed by atoms with van der Waals surface area (Å²) in [5.74, 6) is -0.550.